The van der Waals surface area contributed by atoms with E-state index in [2.05, 4.69) is 5.32 Å². The molecule has 1 aliphatic rings. The Morgan fingerprint density at radius 2 is 2.00 bits per heavy atom. The van der Waals surface area contributed by atoms with Crippen LogP contribution >= 0.6 is 0 Å². The summed E-state index contributed by atoms with van der Waals surface area (Å²) in [5.74, 6) is -3.12. The molecule has 0 aromatic carbocycles. The van der Waals surface area contributed by atoms with Gasteiger partial charge in [-0.05, 0) is 19.8 Å². The lowest BCUT2D eigenvalue weighted by Crippen LogP contribution is -2.44. The maximum absolute atomic E-state index is 12.7. The molecule has 1 saturated carbocycles. The Morgan fingerprint density at radius 1 is 1.41 bits per heavy atom. The second-order valence-corrected chi connectivity index (χ2v) is 4.63. The summed E-state index contributed by atoms with van der Waals surface area (Å²) in [6.07, 6.45) is -3.59. The molecule has 0 heterocycles. The molecule has 0 aliphatic heterocycles. The topological polar surface area (TPSA) is 49.3 Å². The number of carbonyl (C=O) groups excluding carboxylic acids is 1. The van der Waals surface area contributed by atoms with E-state index in [1.807, 2.05) is 0 Å². The lowest BCUT2D eigenvalue weighted by atomic mass is 9.78. The molecule has 1 rings (SSSR count). The monoisotopic (exact) mass is 253 g/mol. The number of aliphatic hydroxyl groups is 1. The molecule has 0 aromatic heterocycles. The van der Waals surface area contributed by atoms with Crippen molar-refractivity contribution in [1.82, 2.24) is 5.32 Å². The summed E-state index contributed by atoms with van der Waals surface area (Å²) in [4.78, 5) is 11.6. The first-order chi connectivity index (χ1) is 7.82. The van der Waals surface area contributed by atoms with Gasteiger partial charge in [0.05, 0.1) is 12.0 Å². The van der Waals surface area contributed by atoms with E-state index in [1.54, 1.807) is 0 Å². The number of carbonyl (C=O) groups is 1. The SMILES string of the molecule is C[C@H](O)CNC(=O)C1CCCCC1C(F)(F)F. The minimum Gasteiger partial charge on any atom is -0.392 e. The highest BCUT2D eigenvalue weighted by molar-refractivity contribution is 5.79. The molecule has 1 amide bonds. The average molecular weight is 253 g/mol. The van der Waals surface area contributed by atoms with Crippen molar-refractivity contribution in [3.8, 4) is 0 Å². The number of rotatable bonds is 3. The standard InChI is InChI=1S/C11H18F3NO2/c1-7(16)6-15-10(17)8-4-2-3-5-9(8)11(12,13)14/h7-9,16H,2-6H2,1H3,(H,15,17)/t7-,8?,9?/m0/s1. The second-order valence-electron chi connectivity index (χ2n) is 4.63. The van der Waals surface area contributed by atoms with E-state index in [9.17, 15) is 18.0 Å². The van der Waals surface area contributed by atoms with Crippen LogP contribution < -0.4 is 5.32 Å². The fourth-order valence-electron chi connectivity index (χ4n) is 2.22. The number of nitrogens with one attached hydrogen (secondary N) is 1. The fourth-order valence-corrected chi connectivity index (χ4v) is 2.22. The Bertz CT molecular complexity index is 266. The van der Waals surface area contributed by atoms with Gasteiger partial charge in [-0.3, -0.25) is 4.79 Å². The van der Waals surface area contributed by atoms with Crippen molar-refractivity contribution in [2.24, 2.45) is 11.8 Å². The molecule has 2 unspecified atom stereocenters. The first-order valence-corrected chi connectivity index (χ1v) is 5.85. The zero-order chi connectivity index (χ0) is 13.1. The molecular formula is C11H18F3NO2. The minimum absolute atomic E-state index is 0.0000888. The number of hydrogen-bond donors (Lipinski definition) is 2. The van der Waals surface area contributed by atoms with Crippen LogP contribution in [0.4, 0.5) is 13.2 Å². The summed E-state index contributed by atoms with van der Waals surface area (Å²) >= 11 is 0. The van der Waals surface area contributed by atoms with Crippen LogP contribution in [0, 0.1) is 11.8 Å². The third-order valence-corrected chi connectivity index (χ3v) is 3.09. The third-order valence-electron chi connectivity index (χ3n) is 3.09. The van der Waals surface area contributed by atoms with Crippen molar-refractivity contribution < 1.29 is 23.1 Å². The van der Waals surface area contributed by atoms with Crippen LogP contribution in [0.1, 0.15) is 32.6 Å². The number of hydrogen-bond acceptors (Lipinski definition) is 2. The van der Waals surface area contributed by atoms with E-state index < -0.39 is 30.0 Å². The van der Waals surface area contributed by atoms with Gasteiger partial charge in [0.1, 0.15) is 0 Å². The smallest absolute Gasteiger partial charge is 0.392 e. The van der Waals surface area contributed by atoms with Crippen molar-refractivity contribution in [1.29, 1.82) is 0 Å². The number of amides is 1. The van der Waals surface area contributed by atoms with E-state index in [-0.39, 0.29) is 19.4 Å². The van der Waals surface area contributed by atoms with Crippen molar-refractivity contribution >= 4 is 5.91 Å². The zero-order valence-electron chi connectivity index (χ0n) is 9.76. The summed E-state index contributed by atoms with van der Waals surface area (Å²) in [5.41, 5.74) is 0. The first-order valence-electron chi connectivity index (χ1n) is 5.85. The predicted molar refractivity (Wildman–Crippen MR) is 56.2 cm³/mol. The van der Waals surface area contributed by atoms with Crippen LogP contribution in [0.25, 0.3) is 0 Å². The highest BCUT2D eigenvalue weighted by Crippen LogP contribution is 2.41. The summed E-state index contributed by atoms with van der Waals surface area (Å²) in [6, 6.07) is 0. The quantitative estimate of drug-likeness (QED) is 0.806. The zero-order valence-corrected chi connectivity index (χ0v) is 9.76. The Balaban J connectivity index is 2.61. The van der Waals surface area contributed by atoms with Gasteiger partial charge in [-0.25, -0.2) is 0 Å². The van der Waals surface area contributed by atoms with Gasteiger partial charge in [0.15, 0.2) is 0 Å². The molecule has 3 nitrogen and oxygen atoms in total. The second kappa shape index (κ2) is 5.71. The Labute approximate surface area is 98.4 Å². The lowest BCUT2D eigenvalue weighted by molar-refractivity contribution is -0.198. The molecule has 0 aromatic rings. The van der Waals surface area contributed by atoms with Crippen LogP contribution in [-0.2, 0) is 4.79 Å². The molecule has 0 spiro atoms. The van der Waals surface area contributed by atoms with E-state index in [1.165, 1.54) is 6.92 Å². The maximum Gasteiger partial charge on any atom is 0.392 e. The molecular weight excluding hydrogens is 235 g/mol. The van der Waals surface area contributed by atoms with E-state index >= 15 is 0 Å². The van der Waals surface area contributed by atoms with E-state index in [0.29, 0.717) is 12.8 Å². The Morgan fingerprint density at radius 3 is 2.53 bits per heavy atom. The average Bonchev–Trinajstić information content (AvgIpc) is 2.24. The van der Waals surface area contributed by atoms with Gasteiger partial charge in [0.2, 0.25) is 5.91 Å². The summed E-state index contributed by atoms with van der Waals surface area (Å²) in [7, 11) is 0. The number of halogens is 3. The molecule has 1 fully saturated rings. The van der Waals surface area contributed by atoms with Crippen molar-refractivity contribution in [3.05, 3.63) is 0 Å². The molecule has 0 saturated heterocycles. The van der Waals surface area contributed by atoms with Gasteiger partial charge in [-0.15, -0.1) is 0 Å². The largest absolute Gasteiger partial charge is 0.392 e. The molecule has 0 bridgehead atoms. The van der Waals surface area contributed by atoms with Crippen LogP contribution in [0.3, 0.4) is 0 Å². The van der Waals surface area contributed by atoms with Gasteiger partial charge >= 0.3 is 6.18 Å². The predicted octanol–water partition coefficient (Wildman–Crippen LogP) is 1.85. The first kappa shape index (κ1) is 14.3. The van der Waals surface area contributed by atoms with E-state index in [4.69, 9.17) is 5.11 Å². The molecule has 100 valence electrons. The number of alkyl halides is 3. The van der Waals surface area contributed by atoms with E-state index in [0.717, 1.165) is 0 Å². The van der Waals surface area contributed by atoms with Gasteiger partial charge in [-0.1, -0.05) is 12.8 Å². The molecule has 1 aliphatic carbocycles. The molecule has 17 heavy (non-hydrogen) atoms. The van der Waals surface area contributed by atoms with Crippen LogP contribution in [0.2, 0.25) is 0 Å². The third kappa shape index (κ3) is 4.18. The van der Waals surface area contributed by atoms with Crippen LogP contribution in [-0.4, -0.2) is 29.8 Å². The van der Waals surface area contributed by atoms with Gasteiger partial charge in [0.25, 0.3) is 0 Å². The van der Waals surface area contributed by atoms with Crippen molar-refractivity contribution in [2.45, 2.75) is 44.9 Å². The Kier molecular flexibility index (Phi) is 4.80. The van der Waals surface area contributed by atoms with Crippen LogP contribution in [0.5, 0.6) is 0 Å². The highest BCUT2D eigenvalue weighted by atomic mass is 19.4. The summed E-state index contributed by atoms with van der Waals surface area (Å²) < 4.78 is 38.2. The van der Waals surface area contributed by atoms with Crippen molar-refractivity contribution in [3.63, 3.8) is 0 Å². The minimum atomic E-state index is -4.31. The molecule has 3 atom stereocenters. The van der Waals surface area contributed by atoms with Gasteiger partial charge in [0, 0.05) is 12.5 Å². The molecule has 0 radical (unpaired) electrons. The number of aliphatic hydroxyl groups excluding tert-OH is 1. The maximum atomic E-state index is 12.7. The normalized spacial score (nSPS) is 27.6. The van der Waals surface area contributed by atoms with Crippen molar-refractivity contribution in [2.75, 3.05) is 6.54 Å². The van der Waals surface area contributed by atoms with Crippen LogP contribution in [0.15, 0.2) is 0 Å². The lowest BCUT2D eigenvalue weighted by Gasteiger charge is -2.32. The van der Waals surface area contributed by atoms with Gasteiger partial charge < -0.3 is 10.4 Å². The highest BCUT2D eigenvalue weighted by Gasteiger charge is 2.47. The molecule has 6 heteroatoms. The Hall–Kier alpha value is -0.780. The molecule has 2 N–H and O–H groups in total. The summed E-state index contributed by atoms with van der Waals surface area (Å²) in [5, 5.41) is 11.4. The fraction of sp³-hybridized carbons (Fsp3) is 0.909. The van der Waals surface area contributed by atoms with Gasteiger partial charge in [-0.2, -0.15) is 13.2 Å². The summed E-state index contributed by atoms with van der Waals surface area (Å²) in [6.45, 7) is 1.47.